The van der Waals surface area contributed by atoms with Crippen LogP contribution >= 0.6 is 11.8 Å². The van der Waals surface area contributed by atoms with E-state index in [9.17, 15) is 0 Å². The van der Waals surface area contributed by atoms with E-state index < -0.39 is 5.54 Å². The van der Waals surface area contributed by atoms with Crippen molar-refractivity contribution in [2.45, 2.75) is 24.6 Å². The Morgan fingerprint density at radius 3 is 3.00 bits per heavy atom. The van der Waals surface area contributed by atoms with Crippen LogP contribution in [0.5, 0.6) is 0 Å². The van der Waals surface area contributed by atoms with Crippen LogP contribution in [0.2, 0.25) is 0 Å². The minimum absolute atomic E-state index is 0.407. The normalized spacial score (nSPS) is 14.5. The SMILES string of the molecule is CNC(C)(C#N)CCSCc1ccco1. The molecule has 3 nitrogen and oxygen atoms in total. The molecule has 0 aliphatic heterocycles. The van der Waals surface area contributed by atoms with Crippen LogP contribution in [0.4, 0.5) is 0 Å². The number of rotatable bonds is 6. The Kier molecular flexibility index (Phi) is 4.73. The molecule has 1 unspecified atom stereocenters. The van der Waals surface area contributed by atoms with Crippen molar-refractivity contribution in [2.75, 3.05) is 12.8 Å². The third kappa shape index (κ3) is 3.98. The van der Waals surface area contributed by atoms with Gasteiger partial charge in [-0.2, -0.15) is 17.0 Å². The Hall–Kier alpha value is -0.920. The summed E-state index contributed by atoms with van der Waals surface area (Å²) in [7, 11) is 1.82. The summed E-state index contributed by atoms with van der Waals surface area (Å²) in [6.45, 7) is 1.92. The van der Waals surface area contributed by atoms with Gasteiger partial charge in [0.05, 0.1) is 18.1 Å². The van der Waals surface area contributed by atoms with Crippen LogP contribution < -0.4 is 5.32 Å². The zero-order valence-corrected chi connectivity index (χ0v) is 9.93. The minimum Gasteiger partial charge on any atom is -0.468 e. The van der Waals surface area contributed by atoms with Gasteiger partial charge in [-0.25, -0.2) is 0 Å². The van der Waals surface area contributed by atoms with Gasteiger partial charge in [-0.05, 0) is 38.3 Å². The highest BCUT2D eigenvalue weighted by Crippen LogP contribution is 2.17. The predicted molar refractivity (Wildman–Crippen MR) is 62.6 cm³/mol. The maximum absolute atomic E-state index is 8.93. The lowest BCUT2D eigenvalue weighted by atomic mass is 10.0. The average Bonchev–Trinajstić information content (AvgIpc) is 2.77. The van der Waals surface area contributed by atoms with Crippen LogP contribution in [0, 0.1) is 11.3 Å². The van der Waals surface area contributed by atoms with Crippen molar-refractivity contribution >= 4 is 11.8 Å². The van der Waals surface area contributed by atoms with Gasteiger partial charge >= 0.3 is 0 Å². The van der Waals surface area contributed by atoms with Crippen molar-refractivity contribution in [2.24, 2.45) is 0 Å². The number of hydrogen-bond acceptors (Lipinski definition) is 4. The molecule has 0 aromatic carbocycles. The Morgan fingerprint density at radius 2 is 2.47 bits per heavy atom. The summed E-state index contributed by atoms with van der Waals surface area (Å²) >= 11 is 1.78. The van der Waals surface area contributed by atoms with Gasteiger partial charge in [0.25, 0.3) is 0 Å². The Morgan fingerprint density at radius 1 is 1.67 bits per heavy atom. The summed E-state index contributed by atoms with van der Waals surface area (Å²) < 4.78 is 5.22. The highest BCUT2D eigenvalue weighted by atomic mass is 32.2. The largest absolute Gasteiger partial charge is 0.468 e. The van der Waals surface area contributed by atoms with Crippen molar-refractivity contribution in [1.82, 2.24) is 5.32 Å². The average molecular weight is 224 g/mol. The van der Waals surface area contributed by atoms with E-state index in [1.165, 1.54) is 0 Å². The molecule has 0 bridgehead atoms. The van der Waals surface area contributed by atoms with E-state index in [0.29, 0.717) is 0 Å². The number of thioether (sulfide) groups is 1. The monoisotopic (exact) mass is 224 g/mol. The van der Waals surface area contributed by atoms with Crippen molar-refractivity contribution in [3.05, 3.63) is 24.2 Å². The lowest BCUT2D eigenvalue weighted by Gasteiger charge is -2.19. The highest BCUT2D eigenvalue weighted by molar-refractivity contribution is 7.98. The van der Waals surface area contributed by atoms with E-state index in [1.807, 2.05) is 26.1 Å². The fourth-order valence-corrected chi connectivity index (χ4v) is 2.14. The number of nitrogens with one attached hydrogen (secondary N) is 1. The molecule has 1 aromatic rings. The molecule has 1 aromatic heterocycles. The number of hydrogen-bond donors (Lipinski definition) is 1. The first kappa shape index (κ1) is 12.2. The molecule has 4 heteroatoms. The molecule has 82 valence electrons. The molecule has 0 fully saturated rings. The van der Waals surface area contributed by atoms with Crippen LogP contribution in [0.25, 0.3) is 0 Å². The molecular formula is C11H16N2OS. The van der Waals surface area contributed by atoms with Crippen molar-refractivity contribution < 1.29 is 4.42 Å². The second-order valence-corrected chi connectivity index (χ2v) is 4.68. The molecule has 0 aliphatic rings. The van der Waals surface area contributed by atoms with E-state index in [4.69, 9.17) is 9.68 Å². The van der Waals surface area contributed by atoms with Gasteiger partial charge < -0.3 is 9.73 Å². The smallest absolute Gasteiger partial charge is 0.113 e. The van der Waals surface area contributed by atoms with Gasteiger partial charge in [0, 0.05) is 0 Å². The molecule has 0 aliphatic carbocycles. The van der Waals surface area contributed by atoms with Crippen molar-refractivity contribution in [3.63, 3.8) is 0 Å². The van der Waals surface area contributed by atoms with Crippen LogP contribution in [-0.2, 0) is 5.75 Å². The first-order valence-corrected chi connectivity index (χ1v) is 6.06. The van der Waals surface area contributed by atoms with Gasteiger partial charge in [0.1, 0.15) is 11.3 Å². The number of nitriles is 1. The quantitative estimate of drug-likeness (QED) is 0.754. The summed E-state index contributed by atoms with van der Waals surface area (Å²) in [5, 5.41) is 12.0. The van der Waals surface area contributed by atoms with E-state index in [1.54, 1.807) is 18.0 Å². The predicted octanol–water partition coefficient (Wildman–Crippen LogP) is 2.40. The highest BCUT2D eigenvalue weighted by Gasteiger charge is 2.20. The van der Waals surface area contributed by atoms with Gasteiger partial charge in [0.15, 0.2) is 0 Å². The topological polar surface area (TPSA) is 49.0 Å². The standard InChI is InChI=1S/C11H16N2OS/c1-11(9-12,13-2)5-7-15-8-10-4-3-6-14-10/h3-4,6,13H,5,7-8H2,1-2H3. The molecule has 1 rings (SSSR count). The molecule has 15 heavy (non-hydrogen) atoms. The number of furan rings is 1. The minimum atomic E-state index is -0.407. The second-order valence-electron chi connectivity index (χ2n) is 3.58. The first-order chi connectivity index (χ1) is 7.20. The van der Waals surface area contributed by atoms with Gasteiger partial charge in [-0.15, -0.1) is 0 Å². The molecule has 0 radical (unpaired) electrons. The Balaban J connectivity index is 2.20. The summed E-state index contributed by atoms with van der Waals surface area (Å²) in [4.78, 5) is 0. The van der Waals surface area contributed by atoms with Crippen LogP contribution in [-0.4, -0.2) is 18.3 Å². The van der Waals surface area contributed by atoms with E-state index in [2.05, 4.69) is 11.4 Å². The fourth-order valence-electron chi connectivity index (χ4n) is 1.08. The van der Waals surface area contributed by atoms with E-state index >= 15 is 0 Å². The molecule has 1 N–H and O–H groups in total. The molecule has 1 heterocycles. The zero-order valence-electron chi connectivity index (χ0n) is 9.12. The molecule has 0 saturated carbocycles. The van der Waals surface area contributed by atoms with Crippen LogP contribution in [0.1, 0.15) is 19.1 Å². The van der Waals surface area contributed by atoms with E-state index in [-0.39, 0.29) is 0 Å². The van der Waals surface area contributed by atoms with Crippen molar-refractivity contribution in [3.8, 4) is 6.07 Å². The molecule has 0 spiro atoms. The lowest BCUT2D eigenvalue weighted by Crippen LogP contribution is -2.38. The van der Waals surface area contributed by atoms with Crippen molar-refractivity contribution in [1.29, 1.82) is 5.26 Å². The molecular weight excluding hydrogens is 208 g/mol. The molecule has 0 saturated heterocycles. The van der Waals surface area contributed by atoms with E-state index in [0.717, 1.165) is 23.7 Å². The fraction of sp³-hybridized carbons (Fsp3) is 0.545. The summed E-state index contributed by atoms with van der Waals surface area (Å²) in [6, 6.07) is 6.13. The maximum atomic E-state index is 8.93. The molecule has 0 amide bonds. The van der Waals surface area contributed by atoms with Crippen LogP contribution in [0.3, 0.4) is 0 Å². The second kappa shape index (κ2) is 5.84. The van der Waals surface area contributed by atoms with Gasteiger partial charge in [-0.3, -0.25) is 0 Å². The van der Waals surface area contributed by atoms with Crippen LogP contribution in [0.15, 0.2) is 22.8 Å². The maximum Gasteiger partial charge on any atom is 0.113 e. The van der Waals surface area contributed by atoms with Gasteiger partial charge in [0.2, 0.25) is 0 Å². The first-order valence-electron chi connectivity index (χ1n) is 4.90. The third-order valence-electron chi connectivity index (χ3n) is 2.37. The summed E-state index contributed by atoms with van der Waals surface area (Å²) in [6.07, 6.45) is 2.52. The summed E-state index contributed by atoms with van der Waals surface area (Å²) in [5.74, 6) is 2.81. The molecule has 1 atom stereocenters. The lowest BCUT2D eigenvalue weighted by molar-refractivity contribution is 0.479. The van der Waals surface area contributed by atoms with Gasteiger partial charge in [-0.1, -0.05) is 0 Å². The zero-order chi connectivity index (χ0) is 11.1. The third-order valence-corrected chi connectivity index (χ3v) is 3.35. The Labute approximate surface area is 94.8 Å². The Bertz CT molecular complexity index is 318. The summed E-state index contributed by atoms with van der Waals surface area (Å²) in [5.41, 5.74) is -0.407. The number of nitrogens with zero attached hydrogens (tertiary/aromatic N) is 1.